The van der Waals surface area contributed by atoms with Crippen molar-refractivity contribution in [3.63, 3.8) is 0 Å². The fraction of sp³-hybridized carbons (Fsp3) is 0.350. The number of aryl methyl sites for hydroxylation is 1. The fourth-order valence-electron chi connectivity index (χ4n) is 3.97. The van der Waals surface area contributed by atoms with Crippen molar-refractivity contribution < 1.29 is 5.11 Å². The molecule has 7 heteroatoms. The number of hydrogen-bond donors (Lipinski definition) is 3. The summed E-state index contributed by atoms with van der Waals surface area (Å²) in [5, 5.41) is 23.1. The molecular formula is C20H21N5OS. The van der Waals surface area contributed by atoms with Crippen molar-refractivity contribution in [2.45, 2.75) is 38.7 Å². The van der Waals surface area contributed by atoms with E-state index in [0.29, 0.717) is 0 Å². The second kappa shape index (κ2) is 6.00. The summed E-state index contributed by atoms with van der Waals surface area (Å²) in [6.07, 6.45) is 6.28. The Labute approximate surface area is 160 Å². The van der Waals surface area contributed by atoms with Crippen molar-refractivity contribution in [1.82, 2.24) is 20.2 Å². The van der Waals surface area contributed by atoms with Crippen molar-refractivity contribution in [2.24, 2.45) is 5.92 Å². The lowest BCUT2D eigenvalue weighted by molar-refractivity contribution is 0.0116. The maximum Gasteiger partial charge on any atom is 0.142 e. The average molecular weight is 379 g/mol. The zero-order valence-corrected chi connectivity index (χ0v) is 16.1. The van der Waals surface area contributed by atoms with E-state index in [-0.39, 0.29) is 5.92 Å². The first-order valence-electron chi connectivity index (χ1n) is 9.17. The fourth-order valence-corrected chi connectivity index (χ4v) is 5.23. The van der Waals surface area contributed by atoms with Gasteiger partial charge in [0, 0.05) is 16.0 Å². The van der Waals surface area contributed by atoms with Gasteiger partial charge >= 0.3 is 0 Å². The highest BCUT2D eigenvalue weighted by atomic mass is 32.1. The van der Waals surface area contributed by atoms with E-state index in [1.165, 1.54) is 10.4 Å². The van der Waals surface area contributed by atoms with Crippen LogP contribution in [0.1, 0.15) is 30.7 Å². The predicted octanol–water partition coefficient (Wildman–Crippen LogP) is 4.19. The maximum absolute atomic E-state index is 10.4. The molecule has 0 spiro atoms. The third-order valence-corrected chi connectivity index (χ3v) is 6.71. The smallest absolute Gasteiger partial charge is 0.142 e. The summed E-state index contributed by atoms with van der Waals surface area (Å²) >= 11 is 1.73. The molecule has 27 heavy (non-hydrogen) atoms. The minimum Gasteiger partial charge on any atom is -0.390 e. The Morgan fingerprint density at radius 3 is 3.04 bits per heavy atom. The first-order chi connectivity index (χ1) is 13.0. The Hall–Kier alpha value is -2.51. The molecule has 0 aliphatic heterocycles. The lowest BCUT2D eigenvalue weighted by atomic mass is 9.78. The van der Waals surface area contributed by atoms with E-state index in [0.717, 1.165) is 51.9 Å². The molecule has 0 saturated heterocycles. The summed E-state index contributed by atoms with van der Waals surface area (Å²) in [4.78, 5) is 11.4. The van der Waals surface area contributed by atoms with E-state index in [2.05, 4.69) is 31.5 Å². The largest absolute Gasteiger partial charge is 0.390 e. The van der Waals surface area contributed by atoms with E-state index < -0.39 is 5.60 Å². The van der Waals surface area contributed by atoms with Gasteiger partial charge in [-0.15, -0.1) is 11.3 Å². The number of fused-ring (bicyclic) bond motifs is 4. The number of nitrogens with zero attached hydrogens (tertiary/aromatic N) is 3. The van der Waals surface area contributed by atoms with Gasteiger partial charge in [-0.3, -0.25) is 5.10 Å². The molecule has 138 valence electrons. The summed E-state index contributed by atoms with van der Waals surface area (Å²) in [5.41, 5.74) is 2.68. The quantitative estimate of drug-likeness (QED) is 0.497. The predicted molar refractivity (Wildman–Crippen MR) is 109 cm³/mol. The second-order valence-electron chi connectivity index (χ2n) is 7.80. The van der Waals surface area contributed by atoms with Crippen LogP contribution in [0.5, 0.6) is 0 Å². The van der Waals surface area contributed by atoms with Crippen LogP contribution in [0.15, 0.2) is 30.7 Å². The van der Waals surface area contributed by atoms with E-state index >= 15 is 0 Å². The van der Waals surface area contributed by atoms with Crippen molar-refractivity contribution in [2.75, 3.05) is 5.32 Å². The maximum atomic E-state index is 10.4. The van der Waals surface area contributed by atoms with Gasteiger partial charge in [0.2, 0.25) is 0 Å². The second-order valence-corrected chi connectivity index (χ2v) is 8.88. The highest BCUT2D eigenvalue weighted by molar-refractivity contribution is 7.19. The van der Waals surface area contributed by atoms with Crippen LogP contribution >= 0.6 is 11.3 Å². The molecule has 3 aromatic heterocycles. The van der Waals surface area contributed by atoms with Crippen LogP contribution < -0.4 is 5.32 Å². The van der Waals surface area contributed by atoms with Gasteiger partial charge in [0.25, 0.3) is 0 Å². The zero-order valence-electron chi connectivity index (χ0n) is 15.3. The minimum atomic E-state index is -0.652. The first-order valence-corrected chi connectivity index (χ1v) is 9.98. The van der Waals surface area contributed by atoms with Gasteiger partial charge < -0.3 is 10.4 Å². The number of H-pyrrole nitrogens is 1. The van der Waals surface area contributed by atoms with Gasteiger partial charge in [0.15, 0.2) is 0 Å². The number of aromatic nitrogens is 4. The van der Waals surface area contributed by atoms with Crippen LogP contribution in [0.25, 0.3) is 21.1 Å². The van der Waals surface area contributed by atoms with Gasteiger partial charge in [-0.05, 0) is 62.8 Å². The molecule has 1 aliphatic rings. The molecule has 0 saturated carbocycles. The van der Waals surface area contributed by atoms with Gasteiger partial charge in [-0.1, -0.05) is 0 Å². The molecule has 6 nitrogen and oxygen atoms in total. The van der Waals surface area contributed by atoms with Crippen LogP contribution in [0.4, 0.5) is 11.5 Å². The molecule has 0 fully saturated rings. The van der Waals surface area contributed by atoms with Crippen LogP contribution in [-0.2, 0) is 12.8 Å². The molecule has 0 bridgehead atoms. The van der Waals surface area contributed by atoms with E-state index in [1.54, 1.807) is 17.7 Å². The van der Waals surface area contributed by atoms with E-state index in [9.17, 15) is 5.11 Å². The van der Waals surface area contributed by atoms with Gasteiger partial charge in [0.05, 0.1) is 22.7 Å². The minimum absolute atomic E-state index is 0.283. The first kappa shape index (κ1) is 16.6. The summed E-state index contributed by atoms with van der Waals surface area (Å²) in [6, 6.07) is 6.10. The standard InChI is InChI=1S/C20H21N5OS/c1-20(2,26)12-3-5-14-16(8-12)27-19-17(14)18(21-10-22-19)24-13-4-6-15-11(7-13)9-23-25-15/h4,6-7,9-10,12,26H,3,5,8H2,1-2H3,(H,23,25)(H,21,22,24). The normalized spacial score (nSPS) is 17.4. The molecule has 1 aromatic carbocycles. The monoisotopic (exact) mass is 379 g/mol. The summed E-state index contributed by atoms with van der Waals surface area (Å²) in [6.45, 7) is 3.82. The lowest BCUT2D eigenvalue weighted by Crippen LogP contribution is -2.34. The number of benzene rings is 1. The van der Waals surface area contributed by atoms with Crippen molar-refractivity contribution in [1.29, 1.82) is 0 Å². The summed E-state index contributed by atoms with van der Waals surface area (Å²) in [5.74, 6) is 1.13. The Morgan fingerprint density at radius 2 is 2.19 bits per heavy atom. The summed E-state index contributed by atoms with van der Waals surface area (Å²) < 4.78 is 0. The molecule has 0 radical (unpaired) electrons. The molecule has 5 rings (SSSR count). The topological polar surface area (TPSA) is 86.7 Å². The number of hydrogen-bond acceptors (Lipinski definition) is 6. The van der Waals surface area contributed by atoms with Gasteiger partial charge in [0.1, 0.15) is 17.0 Å². The molecule has 1 atom stereocenters. The number of rotatable bonds is 3. The van der Waals surface area contributed by atoms with Crippen LogP contribution in [0, 0.1) is 5.92 Å². The van der Waals surface area contributed by atoms with E-state index in [1.807, 2.05) is 32.2 Å². The molecule has 3 N–H and O–H groups in total. The number of aliphatic hydroxyl groups is 1. The van der Waals surface area contributed by atoms with Gasteiger partial charge in [-0.2, -0.15) is 5.10 Å². The molecule has 3 heterocycles. The number of nitrogens with one attached hydrogen (secondary N) is 2. The van der Waals surface area contributed by atoms with Crippen LogP contribution in [0.2, 0.25) is 0 Å². The summed E-state index contributed by atoms with van der Waals surface area (Å²) in [7, 11) is 0. The third-order valence-electron chi connectivity index (χ3n) is 5.55. The Bertz CT molecular complexity index is 1140. The van der Waals surface area contributed by atoms with Crippen molar-refractivity contribution in [3.05, 3.63) is 41.2 Å². The molecule has 4 aromatic rings. The zero-order chi connectivity index (χ0) is 18.6. The molecule has 0 amide bonds. The highest BCUT2D eigenvalue weighted by Crippen LogP contribution is 2.42. The third kappa shape index (κ3) is 2.87. The number of thiophene rings is 1. The number of anilines is 2. The molecular weight excluding hydrogens is 358 g/mol. The average Bonchev–Trinajstić information content (AvgIpc) is 3.24. The van der Waals surface area contributed by atoms with Crippen LogP contribution in [0.3, 0.4) is 0 Å². The van der Waals surface area contributed by atoms with Crippen molar-refractivity contribution in [3.8, 4) is 0 Å². The highest BCUT2D eigenvalue weighted by Gasteiger charge is 2.33. The Balaban J connectivity index is 1.55. The molecule has 1 aliphatic carbocycles. The van der Waals surface area contributed by atoms with Crippen molar-refractivity contribution >= 4 is 44.0 Å². The Morgan fingerprint density at radius 1 is 1.30 bits per heavy atom. The van der Waals surface area contributed by atoms with Gasteiger partial charge in [-0.25, -0.2) is 9.97 Å². The lowest BCUT2D eigenvalue weighted by Gasteiger charge is -2.32. The van der Waals surface area contributed by atoms with E-state index in [4.69, 9.17) is 0 Å². The van der Waals surface area contributed by atoms with Crippen LogP contribution in [-0.4, -0.2) is 30.9 Å². The Kier molecular flexibility index (Phi) is 3.70. The number of aromatic amines is 1. The SMILES string of the molecule is CC(C)(O)C1CCc2c(sc3ncnc(Nc4ccc5[nH]ncc5c4)c23)C1. The molecule has 1 unspecified atom stereocenters.